The number of hydrogen-bond acceptors (Lipinski definition) is 3. The molecule has 0 amide bonds. The summed E-state index contributed by atoms with van der Waals surface area (Å²) in [7, 11) is 0. The van der Waals surface area contributed by atoms with Gasteiger partial charge in [-0.25, -0.2) is 0 Å². The Balaban J connectivity index is 2.17. The van der Waals surface area contributed by atoms with E-state index in [4.69, 9.17) is 0 Å². The maximum Gasteiger partial charge on any atom is 0.413 e. The van der Waals surface area contributed by atoms with Crippen LogP contribution in [0.2, 0.25) is 0 Å². The smallest absolute Gasteiger partial charge is 0.391 e. The van der Waals surface area contributed by atoms with Crippen LogP contribution in [-0.2, 0) is 4.84 Å². The van der Waals surface area contributed by atoms with E-state index in [1.807, 2.05) is 0 Å². The van der Waals surface area contributed by atoms with E-state index in [0.717, 1.165) is 12.8 Å². The van der Waals surface area contributed by atoms with Gasteiger partial charge in [0.2, 0.25) is 0 Å². The van der Waals surface area contributed by atoms with E-state index in [2.05, 4.69) is 10.3 Å². The molecule has 2 atom stereocenters. The molecule has 3 nitrogen and oxygen atoms in total. The van der Waals surface area contributed by atoms with Gasteiger partial charge in [-0.15, -0.1) is 0 Å². The molecule has 0 spiro atoms. The summed E-state index contributed by atoms with van der Waals surface area (Å²) >= 11 is 0. The lowest BCUT2D eigenvalue weighted by Crippen LogP contribution is -2.43. The molecule has 0 aromatic heterocycles. The predicted molar refractivity (Wildman–Crippen MR) is 43.4 cm³/mol. The van der Waals surface area contributed by atoms with Crippen LogP contribution in [0.3, 0.4) is 0 Å². The van der Waals surface area contributed by atoms with Gasteiger partial charge in [-0.3, -0.25) is 4.84 Å². The number of nitrogens with one attached hydrogen (secondary N) is 1. The van der Waals surface area contributed by atoms with E-state index in [1.54, 1.807) is 0 Å². The fourth-order valence-electron chi connectivity index (χ4n) is 1.48. The van der Waals surface area contributed by atoms with Crippen molar-refractivity contribution in [2.75, 3.05) is 6.61 Å². The molecule has 0 radical (unpaired) electrons. The molecule has 0 aromatic rings. The van der Waals surface area contributed by atoms with Crippen molar-refractivity contribution in [1.82, 2.24) is 5.48 Å². The highest BCUT2D eigenvalue weighted by molar-refractivity contribution is 4.77. The van der Waals surface area contributed by atoms with Crippen LogP contribution in [0.15, 0.2) is 0 Å². The molecule has 1 aliphatic rings. The number of aliphatic hydroxyl groups excluding tert-OH is 1. The number of aliphatic hydroxyl groups is 1. The largest absolute Gasteiger partial charge is 0.413 e. The lowest BCUT2D eigenvalue weighted by Gasteiger charge is -2.27. The summed E-state index contributed by atoms with van der Waals surface area (Å²) < 4.78 is 35.0. The van der Waals surface area contributed by atoms with Crippen LogP contribution in [-0.4, -0.2) is 30.0 Å². The van der Waals surface area contributed by atoms with Gasteiger partial charge in [-0.1, -0.05) is 12.8 Å². The quantitative estimate of drug-likeness (QED) is 0.696. The average molecular weight is 213 g/mol. The molecule has 0 saturated heterocycles. The lowest BCUT2D eigenvalue weighted by atomic mass is 9.93. The van der Waals surface area contributed by atoms with Crippen molar-refractivity contribution in [2.45, 2.75) is 44.0 Å². The Morgan fingerprint density at radius 2 is 1.93 bits per heavy atom. The topological polar surface area (TPSA) is 41.5 Å². The van der Waals surface area contributed by atoms with Gasteiger partial charge in [0.05, 0.1) is 12.1 Å². The molecular formula is C8H14F3NO2. The zero-order valence-corrected chi connectivity index (χ0v) is 7.68. The van der Waals surface area contributed by atoms with Gasteiger partial charge in [0.25, 0.3) is 0 Å². The zero-order valence-electron chi connectivity index (χ0n) is 7.68. The first-order valence-corrected chi connectivity index (χ1v) is 4.61. The summed E-state index contributed by atoms with van der Waals surface area (Å²) in [5.74, 6) is 0. The number of hydrogen-bond donors (Lipinski definition) is 2. The molecule has 1 aliphatic carbocycles. The summed E-state index contributed by atoms with van der Waals surface area (Å²) in [5, 5.41) is 9.37. The normalized spacial score (nSPS) is 29.1. The fraction of sp³-hybridized carbons (Fsp3) is 1.00. The first-order chi connectivity index (χ1) is 6.49. The van der Waals surface area contributed by atoms with Crippen molar-refractivity contribution in [3.8, 4) is 0 Å². The van der Waals surface area contributed by atoms with E-state index in [-0.39, 0.29) is 6.04 Å². The molecule has 0 bridgehead atoms. The summed E-state index contributed by atoms with van der Waals surface area (Å²) in [5.41, 5.74) is 2.26. The Bertz CT molecular complexity index is 174. The molecule has 0 heterocycles. The van der Waals surface area contributed by atoms with Crippen LogP contribution < -0.4 is 5.48 Å². The van der Waals surface area contributed by atoms with Crippen LogP contribution in [0.1, 0.15) is 25.7 Å². The van der Waals surface area contributed by atoms with Crippen molar-refractivity contribution in [3.05, 3.63) is 0 Å². The van der Waals surface area contributed by atoms with E-state index < -0.39 is 18.9 Å². The number of hydroxylamine groups is 1. The Hall–Kier alpha value is -0.330. The van der Waals surface area contributed by atoms with Crippen LogP contribution in [0.4, 0.5) is 13.2 Å². The van der Waals surface area contributed by atoms with Crippen molar-refractivity contribution in [2.24, 2.45) is 0 Å². The van der Waals surface area contributed by atoms with E-state index in [1.165, 1.54) is 0 Å². The number of rotatable bonds is 3. The summed E-state index contributed by atoms with van der Waals surface area (Å²) in [6.45, 7) is -1.32. The van der Waals surface area contributed by atoms with Crippen LogP contribution in [0.5, 0.6) is 0 Å². The minimum atomic E-state index is -4.33. The van der Waals surface area contributed by atoms with Gasteiger partial charge in [-0.05, 0) is 12.8 Å². The van der Waals surface area contributed by atoms with Crippen molar-refractivity contribution >= 4 is 0 Å². The highest BCUT2D eigenvalue weighted by Crippen LogP contribution is 2.19. The van der Waals surface area contributed by atoms with E-state index in [0.29, 0.717) is 12.8 Å². The lowest BCUT2D eigenvalue weighted by molar-refractivity contribution is -0.197. The second kappa shape index (κ2) is 4.95. The monoisotopic (exact) mass is 213 g/mol. The van der Waals surface area contributed by atoms with Crippen molar-refractivity contribution in [1.29, 1.82) is 0 Å². The Labute approximate surface area is 80.2 Å². The molecule has 0 aromatic carbocycles. The van der Waals surface area contributed by atoms with Gasteiger partial charge < -0.3 is 5.11 Å². The molecule has 1 rings (SSSR count). The highest BCUT2D eigenvalue weighted by atomic mass is 19.4. The fourth-order valence-corrected chi connectivity index (χ4v) is 1.48. The first-order valence-electron chi connectivity index (χ1n) is 4.61. The molecule has 0 aliphatic heterocycles. The molecule has 84 valence electrons. The predicted octanol–water partition coefficient (Wildman–Crippen LogP) is 1.37. The molecule has 14 heavy (non-hydrogen) atoms. The molecular weight excluding hydrogens is 199 g/mol. The Kier molecular flexibility index (Phi) is 4.15. The first kappa shape index (κ1) is 11.7. The van der Waals surface area contributed by atoms with Crippen LogP contribution in [0.25, 0.3) is 0 Å². The van der Waals surface area contributed by atoms with Gasteiger partial charge in [0.1, 0.15) is 0 Å². The van der Waals surface area contributed by atoms with Crippen molar-refractivity contribution in [3.63, 3.8) is 0 Å². The summed E-state index contributed by atoms with van der Waals surface area (Å²) in [6.07, 6.45) is -1.83. The molecule has 1 fully saturated rings. The molecule has 6 heteroatoms. The van der Waals surface area contributed by atoms with Gasteiger partial charge in [0, 0.05) is 0 Å². The minimum Gasteiger partial charge on any atom is -0.391 e. The number of halogens is 3. The summed E-state index contributed by atoms with van der Waals surface area (Å²) in [6, 6.07) is -0.369. The van der Waals surface area contributed by atoms with Gasteiger partial charge in [-0.2, -0.15) is 18.7 Å². The Morgan fingerprint density at radius 1 is 1.29 bits per heavy atom. The van der Waals surface area contributed by atoms with Gasteiger partial charge in [0.15, 0.2) is 6.61 Å². The second-order valence-electron chi connectivity index (χ2n) is 3.48. The van der Waals surface area contributed by atoms with Gasteiger partial charge >= 0.3 is 6.18 Å². The number of alkyl halides is 3. The third-order valence-corrected chi connectivity index (χ3v) is 2.20. The van der Waals surface area contributed by atoms with E-state index >= 15 is 0 Å². The second-order valence-corrected chi connectivity index (χ2v) is 3.48. The third kappa shape index (κ3) is 4.26. The van der Waals surface area contributed by atoms with E-state index in [9.17, 15) is 18.3 Å². The standard InChI is InChI=1S/C8H14F3NO2/c9-8(10,11)5-14-12-6-3-1-2-4-7(6)13/h6-7,12-13H,1-5H2/t6-,7-/m0/s1. The maximum absolute atomic E-state index is 11.7. The maximum atomic E-state index is 11.7. The average Bonchev–Trinajstić information content (AvgIpc) is 2.06. The van der Waals surface area contributed by atoms with Crippen LogP contribution >= 0.6 is 0 Å². The molecule has 1 saturated carbocycles. The highest BCUT2D eigenvalue weighted by Gasteiger charge is 2.29. The third-order valence-electron chi connectivity index (χ3n) is 2.20. The zero-order chi connectivity index (χ0) is 10.6. The Morgan fingerprint density at radius 3 is 2.50 bits per heavy atom. The molecule has 2 N–H and O–H groups in total. The SMILES string of the molecule is O[C@H]1CCCC[C@@H]1NOCC(F)(F)F. The van der Waals surface area contributed by atoms with Crippen molar-refractivity contribution < 1.29 is 23.1 Å². The minimum absolute atomic E-state index is 0.369. The summed E-state index contributed by atoms with van der Waals surface area (Å²) in [4.78, 5) is 4.27. The van der Waals surface area contributed by atoms with Crippen LogP contribution in [0, 0.1) is 0 Å². The molecule has 0 unspecified atom stereocenters.